The van der Waals surface area contributed by atoms with Crippen molar-refractivity contribution >= 4 is 18.3 Å². The van der Waals surface area contributed by atoms with Gasteiger partial charge in [0.05, 0.1) is 12.0 Å². The Balaban J connectivity index is 0.00000208. The Morgan fingerprint density at radius 1 is 1.33 bits per heavy atom. The van der Waals surface area contributed by atoms with Gasteiger partial charge in [-0.2, -0.15) is 0 Å². The minimum Gasteiger partial charge on any atom is -0.494 e. The molecule has 1 amide bonds. The van der Waals surface area contributed by atoms with E-state index in [1.807, 2.05) is 24.3 Å². The monoisotopic (exact) mass is 352 g/mol. The van der Waals surface area contributed by atoms with Crippen LogP contribution in [0.1, 0.15) is 44.6 Å². The highest BCUT2D eigenvalue weighted by molar-refractivity contribution is 5.85. The van der Waals surface area contributed by atoms with E-state index in [-0.39, 0.29) is 23.7 Å². The number of benzene rings is 1. The molecule has 1 aromatic carbocycles. The van der Waals surface area contributed by atoms with E-state index in [1.165, 1.54) is 19.3 Å². The van der Waals surface area contributed by atoms with Crippen molar-refractivity contribution in [1.29, 1.82) is 0 Å². The van der Waals surface area contributed by atoms with Crippen molar-refractivity contribution in [3.8, 4) is 5.75 Å². The zero-order chi connectivity index (χ0) is 16.1. The third-order valence-electron chi connectivity index (χ3n) is 5.34. The average molecular weight is 353 g/mol. The van der Waals surface area contributed by atoms with Gasteiger partial charge in [-0.15, -0.1) is 12.4 Å². The van der Waals surface area contributed by atoms with E-state index in [0.717, 1.165) is 43.9 Å². The summed E-state index contributed by atoms with van der Waals surface area (Å²) >= 11 is 0. The maximum Gasteiger partial charge on any atom is 0.228 e. The first-order chi connectivity index (χ1) is 11.2. The van der Waals surface area contributed by atoms with Gasteiger partial charge in [0.15, 0.2) is 0 Å². The van der Waals surface area contributed by atoms with Crippen LogP contribution >= 0.6 is 12.4 Å². The minimum atomic E-state index is -0.164. The molecule has 4 nitrogen and oxygen atoms in total. The third-order valence-corrected chi connectivity index (χ3v) is 5.34. The Labute approximate surface area is 151 Å². The summed E-state index contributed by atoms with van der Waals surface area (Å²) in [5, 5.41) is 6.61. The normalized spacial score (nSPS) is 25.5. The molecular formula is C19H29ClN2O2. The second-order valence-electron chi connectivity index (χ2n) is 6.90. The minimum absolute atomic E-state index is 0. The largest absolute Gasteiger partial charge is 0.494 e. The van der Waals surface area contributed by atoms with Gasteiger partial charge in [0.2, 0.25) is 5.91 Å². The summed E-state index contributed by atoms with van der Waals surface area (Å²) in [5.74, 6) is 1.65. The quantitative estimate of drug-likeness (QED) is 0.826. The van der Waals surface area contributed by atoms with Crippen LogP contribution in [0.5, 0.6) is 5.75 Å². The number of halogens is 1. The molecule has 0 bridgehead atoms. The summed E-state index contributed by atoms with van der Waals surface area (Å²) in [6.07, 6.45) is 5.66. The molecule has 2 atom stereocenters. The first-order valence-electron chi connectivity index (χ1n) is 8.95. The number of fused-ring (bicyclic) bond motifs is 1. The summed E-state index contributed by atoms with van der Waals surface area (Å²) in [5.41, 5.74) is 0.958. The lowest BCUT2D eigenvalue weighted by Gasteiger charge is -2.37. The van der Waals surface area contributed by atoms with Crippen LogP contribution in [0.4, 0.5) is 0 Å². The van der Waals surface area contributed by atoms with Gasteiger partial charge in [0.1, 0.15) is 5.75 Å². The molecule has 1 heterocycles. The zero-order valence-corrected chi connectivity index (χ0v) is 15.3. The van der Waals surface area contributed by atoms with Crippen LogP contribution in [0.25, 0.3) is 0 Å². The van der Waals surface area contributed by atoms with E-state index in [1.54, 1.807) is 0 Å². The lowest BCUT2D eigenvalue weighted by Crippen LogP contribution is -2.47. The second kappa shape index (κ2) is 8.72. The van der Waals surface area contributed by atoms with Crippen LogP contribution < -0.4 is 15.4 Å². The van der Waals surface area contributed by atoms with Gasteiger partial charge in [-0.05, 0) is 49.4 Å². The molecule has 2 fully saturated rings. The molecule has 0 spiro atoms. The van der Waals surface area contributed by atoms with Gasteiger partial charge < -0.3 is 15.4 Å². The predicted octanol–water partition coefficient (Wildman–Crippen LogP) is 3.29. The SMILES string of the molecule is CCCOc1ccc(CNC(=O)[C@@]23CCCC[C@H]2CNC3)cc1.Cl. The number of nitrogens with one attached hydrogen (secondary N) is 2. The highest BCUT2D eigenvalue weighted by atomic mass is 35.5. The summed E-state index contributed by atoms with van der Waals surface area (Å²) in [6.45, 7) is 5.28. The molecular weight excluding hydrogens is 324 g/mol. The molecule has 24 heavy (non-hydrogen) atoms. The van der Waals surface area contributed by atoms with E-state index < -0.39 is 0 Å². The molecule has 1 saturated heterocycles. The van der Waals surface area contributed by atoms with Gasteiger partial charge in [-0.3, -0.25) is 4.79 Å². The Hall–Kier alpha value is -1.26. The molecule has 1 aliphatic heterocycles. The zero-order valence-electron chi connectivity index (χ0n) is 14.5. The van der Waals surface area contributed by atoms with Gasteiger partial charge in [-0.25, -0.2) is 0 Å². The molecule has 0 radical (unpaired) electrons. The van der Waals surface area contributed by atoms with E-state index >= 15 is 0 Å². The van der Waals surface area contributed by atoms with Crippen molar-refractivity contribution in [2.24, 2.45) is 11.3 Å². The molecule has 2 aliphatic rings. The molecule has 1 aromatic rings. The number of carbonyl (C=O) groups excluding carboxylic acids is 1. The molecule has 2 N–H and O–H groups in total. The van der Waals surface area contributed by atoms with E-state index in [2.05, 4.69) is 17.6 Å². The van der Waals surface area contributed by atoms with Crippen molar-refractivity contribution in [2.75, 3.05) is 19.7 Å². The average Bonchev–Trinajstić information content (AvgIpc) is 3.04. The van der Waals surface area contributed by atoms with Crippen LogP contribution in [-0.2, 0) is 11.3 Å². The highest BCUT2D eigenvalue weighted by Crippen LogP contribution is 2.43. The van der Waals surface area contributed by atoms with Crippen LogP contribution in [0.3, 0.4) is 0 Å². The summed E-state index contributed by atoms with van der Waals surface area (Å²) in [7, 11) is 0. The fourth-order valence-corrected chi connectivity index (χ4v) is 3.97. The smallest absolute Gasteiger partial charge is 0.228 e. The number of hydrogen-bond acceptors (Lipinski definition) is 3. The van der Waals surface area contributed by atoms with Gasteiger partial charge in [0.25, 0.3) is 0 Å². The Morgan fingerprint density at radius 2 is 2.12 bits per heavy atom. The topological polar surface area (TPSA) is 50.4 Å². The first-order valence-corrected chi connectivity index (χ1v) is 8.95. The Morgan fingerprint density at radius 3 is 2.88 bits per heavy atom. The van der Waals surface area contributed by atoms with Gasteiger partial charge >= 0.3 is 0 Å². The van der Waals surface area contributed by atoms with Crippen molar-refractivity contribution in [1.82, 2.24) is 10.6 Å². The van der Waals surface area contributed by atoms with Crippen molar-refractivity contribution in [2.45, 2.75) is 45.6 Å². The molecule has 134 valence electrons. The summed E-state index contributed by atoms with van der Waals surface area (Å²) in [4.78, 5) is 12.8. The lowest BCUT2D eigenvalue weighted by atomic mass is 9.67. The number of hydrogen-bond donors (Lipinski definition) is 2. The van der Waals surface area contributed by atoms with Crippen LogP contribution in [0.15, 0.2) is 24.3 Å². The van der Waals surface area contributed by atoms with Gasteiger partial charge in [-0.1, -0.05) is 31.9 Å². The molecule has 0 unspecified atom stereocenters. The lowest BCUT2D eigenvalue weighted by molar-refractivity contribution is -0.134. The van der Waals surface area contributed by atoms with Crippen LogP contribution in [0, 0.1) is 11.3 Å². The van der Waals surface area contributed by atoms with Gasteiger partial charge in [0, 0.05) is 13.1 Å². The molecule has 3 rings (SSSR count). The molecule has 0 aromatic heterocycles. The fraction of sp³-hybridized carbons (Fsp3) is 0.632. The third kappa shape index (κ3) is 4.04. The standard InChI is InChI=1S/C19H28N2O2.ClH/c1-2-11-23-17-8-6-15(7-9-17)12-21-18(22)19-10-4-3-5-16(19)13-20-14-19;/h6-9,16,20H,2-5,10-14H2,1H3,(H,21,22);1H/t16-,19+;/m0./s1. The number of rotatable bonds is 6. The molecule has 5 heteroatoms. The molecule has 1 saturated carbocycles. The number of amides is 1. The summed E-state index contributed by atoms with van der Waals surface area (Å²) in [6, 6.07) is 8.04. The number of ether oxygens (including phenoxy) is 1. The molecule has 1 aliphatic carbocycles. The fourth-order valence-electron chi connectivity index (χ4n) is 3.97. The Bertz CT molecular complexity index is 535. The van der Waals surface area contributed by atoms with E-state index in [4.69, 9.17) is 4.74 Å². The van der Waals surface area contributed by atoms with Crippen molar-refractivity contribution in [3.63, 3.8) is 0 Å². The maximum absolute atomic E-state index is 12.8. The number of carbonyl (C=O) groups is 1. The van der Waals surface area contributed by atoms with E-state index in [9.17, 15) is 4.79 Å². The second-order valence-corrected chi connectivity index (χ2v) is 6.90. The Kier molecular flexibility index (Phi) is 6.93. The highest BCUT2D eigenvalue weighted by Gasteiger charge is 2.49. The van der Waals surface area contributed by atoms with Crippen LogP contribution in [-0.4, -0.2) is 25.6 Å². The predicted molar refractivity (Wildman–Crippen MR) is 98.6 cm³/mol. The van der Waals surface area contributed by atoms with Crippen LogP contribution in [0.2, 0.25) is 0 Å². The first kappa shape index (κ1) is 19.1. The maximum atomic E-state index is 12.8. The summed E-state index contributed by atoms with van der Waals surface area (Å²) < 4.78 is 5.59. The van der Waals surface area contributed by atoms with Crippen molar-refractivity contribution in [3.05, 3.63) is 29.8 Å². The van der Waals surface area contributed by atoms with Crippen molar-refractivity contribution < 1.29 is 9.53 Å². The van der Waals surface area contributed by atoms with E-state index in [0.29, 0.717) is 12.5 Å².